The molecule has 96 valence electrons. The monoisotopic (exact) mass is 267 g/mol. The van der Waals surface area contributed by atoms with Crippen molar-refractivity contribution < 1.29 is 4.39 Å². The van der Waals surface area contributed by atoms with E-state index in [0.717, 1.165) is 23.5 Å². The van der Waals surface area contributed by atoms with E-state index >= 15 is 0 Å². The number of imidazole rings is 1. The van der Waals surface area contributed by atoms with Crippen LogP contribution < -0.4 is 5.73 Å². The fraction of sp³-hybridized carbons (Fsp3) is 0.308. The van der Waals surface area contributed by atoms with Crippen LogP contribution in [0.4, 0.5) is 4.39 Å². The van der Waals surface area contributed by atoms with Gasteiger partial charge in [-0.15, -0.1) is 0 Å². The second-order valence-corrected chi connectivity index (χ2v) is 4.70. The summed E-state index contributed by atoms with van der Waals surface area (Å²) in [6, 6.07) is 4.61. The first-order chi connectivity index (χ1) is 8.61. The Morgan fingerprint density at radius 2 is 2.28 bits per heavy atom. The van der Waals surface area contributed by atoms with Gasteiger partial charge in [0.25, 0.3) is 0 Å². The summed E-state index contributed by atoms with van der Waals surface area (Å²) in [7, 11) is 0. The molecule has 0 aliphatic carbocycles. The minimum absolute atomic E-state index is 0.110. The lowest BCUT2D eigenvalue weighted by molar-refractivity contribution is 0.628. The molecule has 2 rings (SSSR count). The SMILES string of the molecule is CC(CCN)c1ncc(-c2ccc(F)c(Cl)c2)[nH]1. The van der Waals surface area contributed by atoms with E-state index in [0.29, 0.717) is 6.54 Å². The van der Waals surface area contributed by atoms with E-state index in [4.69, 9.17) is 17.3 Å². The van der Waals surface area contributed by atoms with E-state index < -0.39 is 5.82 Å². The zero-order chi connectivity index (χ0) is 13.1. The predicted molar refractivity (Wildman–Crippen MR) is 71.1 cm³/mol. The number of H-pyrrole nitrogens is 1. The normalized spacial score (nSPS) is 12.7. The zero-order valence-corrected chi connectivity index (χ0v) is 10.8. The van der Waals surface area contributed by atoms with Gasteiger partial charge in [0.2, 0.25) is 0 Å². The molecule has 5 heteroatoms. The Bertz CT molecular complexity index is 539. The number of aromatic nitrogens is 2. The van der Waals surface area contributed by atoms with Gasteiger partial charge in [-0.1, -0.05) is 18.5 Å². The fourth-order valence-corrected chi connectivity index (χ4v) is 1.96. The van der Waals surface area contributed by atoms with Crippen molar-refractivity contribution >= 4 is 11.6 Å². The third kappa shape index (κ3) is 2.71. The smallest absolute Gasteiger partial charge is 0.141 e. The Morgan fingerprint density at radius 3 is 2.94 bits per heavy atom. The molecule has 1 aromatic heterocycles. The van der Waals surface area contributed by atoms with Crippen LogP contribution in [-0.4, -0.2) is 16.5 Å². The highest BCUT2D eigenvalue weighted by atomic mass is 35.5. The maximum Gasteiger partial charge on any atom is 0.141 e. The minimum atomic E-state index is -0.420. The Morgan fingerprint density at radius 1 is 1.50 bits per heavy atom. The van der Waals surface area contributed by atoms with Crippen molar-refractivity contribution in [3.63, 3.8) is 0 Å². The van der Waals surface area contributed by atoms with Gasteiger partial charge in [0.1, 0.15) is 11.6 Å². The summed E-state index contributed by atoms with van der Waals surface area (Å²) in [5.41, 5.74) is 7.17. The molecule has 2 aromatic rings. The Kier molecular flexibility index (Phi) is 3.99. The summed E-state index contributed by atoms with van der Waals surface area (Å²) >= 11 is 5.76. The molecule has 1 aromatic carbocycles. The molecule has 0 saturated carbocycles. The highest BCUT2D eigenvalue weighted by Crippen LogP contribution is 2.25. The largest absolute Gasteiger partial charge is 0.342 e. The van der Waals surface area contributed by atoms with Crippen molar-refractivity contribution in [2.45, 2.75) is 19.3 Å². The molecule has 0 aliphatic rings. The highest BCUT2D eigenvalue weighted by molar-refractivity contribution is 6.31. The van der Waals surface area contributed by atoms with E-state index in [-0.39, 0.29) is 10.9 Å². The van der Waals surface area contributed by atoms with Gasteiger partial charge < -0.3 is 10.7 Å². The van der Waals surface area contributed by atoms with Crippen LogP contribution in [0.2, 0.25) is 5.02 Å². The van der Waals surface area contributed by atoms with Crippen LogP contribution in [0.3, 0.4) is 0 Å². The molecule has 1 unspecified atom stereocenters. The molecule has 0 bridgehead atoms. The summed E-state index contributed by atoms with van der Waals surface area (Å²) in [5.74, 6) is 0.743. The number of nitrogens with two attached hydrogens (primary N) is 1. The summed E-state index contributed by atoms with van der Waals surface area (Å²) in [5, 5.41) is 0.110. The lowest BCUT2D eigenvalue weighted by Crippen LogP contribution is -2.05. The summed E-state index contributed by atoms with van der Waals surface area (Å²) in [4.78, 5) is 7.53. The van der Waals surface area contributed by atoms with Crippen molar-refractivity contribution in [3.05, 3.63) is 41.1 Å². The van der Waals surface area contributed by atoms with Crippen molar-refractivity contribution in [2.24, 2.45) is 5.73 Å². The van der Waals surface area contributed by atoms with E-state index in [1.54, 1.807) is 18.3 Å². The maximum atomic E-state index is 13.1. The van der Waals surface area contributed by atoms with Gasteiger partial charge in [-0.2, -0.15) is 0 Å². The Hall–Kier alpha value is -1.39. The number of hydrogen-bond donors (Lipinski definition) is 2. The molecule has 0 saturated heterocycles. The predicted octanol–water partition coefficient (Wildman–Crippen LogP) is 3.32. The van der Waals surface area contributed by atoms with Crippen LogP contribution >= 0.6 is 11.6 Å². The zero-order valence-electron chi connectivity index (χ0n) is 10.1. The second-order valence-electron chi connectivity index (χ2n) is 4.29. The van der Waals surface area contributed by atoms with E-state index in [1.807, 2.05) is 0 Å². The molecule has 0 radical (unpaired) electrons. The number of aromatic amines is 1. The van der Waals surface area contributed by atoms with E-state index in [1.165, 1.54) is 6.07 Å². The first kappa shape index (κ1) is 13.1. The van der Waals surface area contributed by atoms with Crippen molar-refractivity contribution in [2.75, 3.05) is 6.54 Å². The van der Waals surface area contributed by atoms with Gasteiger partial charge in [-0.25, -0.2) is 9.37 Å². The average Bonchev–Trinajstić information content (AvgIpc) is 2.82. The first-order valence-corrected chi connectivity index (χ1v) is 6.20. The average molecular weight is 268 g/mol. The van der Waals surface area contributed by atoms with E-state index in [2.05, 4.69) is 16.9 Å². The molecular formula is C13H15ClFN3. The van der Waals surface area contributed by atoms with Crippen molar-refractivity contribution in [1.29, 1.82) is 0 Å². The van der Waals surface area contributed by atoms with Gasteiger partial charge >= 0.3 is 0 Å². The maximum absolute atomic E-state index is 13.1. The third-order valence-corrected chi connectivity index (χ3v) is 3.18. The number of rotatable bonds is 4. The number of benzene rings is 1. The van der Waals surface area contributed by atoms with Crippen LogP contribution in [0.5, 0.6) is 0 Å². The Balaban J connectivity index is 2.26. The van der Waals surface area contributed by atoms with Crippen LogP contribution in [0.25, 0.3) is 11.3 Å². The number of halogens is 2. The standard InChI is InChI=1S/C13H15ClFN3/c1-8(4-5-16)13-17-7-12(18-13)9-2-3-11(15)10(14)6-9/h2-3,6-8H,4-5,16H2,1H3,(H,17,18). The summed E-state index contributed by atoms with van der Waals surface area (Å²) < 4.78 is 13.1. The van der Waals surface area contributed by atoms with Gasteiger partial charge in [0.05, 0.1) is 16.9 Å². The number of nitrogens with zero attached hydrogens (tertiary/aromatic N) is 1. The quantitative estimate of drug-likeness (QED) is 0.893. The lowest BCUT2D eigenvalue weighted by atomic mass is 10.1. The van der Waals surface area contributed by atoms with Crippen molar-refractivity contribution in [3.8, 4) is 11.3 Å². The molecule has 1 atom stereocenters. The first-order valence-electron chi connectivity index (χ1n) is 5.82. The molecule has 18 heavy (non-hydrogen) atoms. The molecule has 3 N–H and O–H groups in total. The molecule has 0 fully saturated rings. The molecule has 0 spiro atoms. The molecular weight excluding hydrogens is 253 g/mol. The second kappa shape index (κ2) is 5.50. The number of hydrogen-bond acceptors (Lipinski definition) is 2. The topological polar surface area (TPSA) is 54.7 Å². The minimum Gasteiger partial charge on any atom is -0.342 e. The van der Waals surface area contributed by atoms with Gasteiger partial charge in [-0.3, -0.25) is 0 Å². The van der Waals surface area contributed by atoms with Crippen LogP contribution in [0, 0.1) is 5.82 Å². The third-order valence-electron chi connectivity index (χ3n) is 2.89. The highest BCUT2D eigenvalue weighted by Gasteiger charge is 2.10. The van der Waals surface area contributed by atoms with Crippen LogP contribution in [0.1, 0.15) is 25.1 Å². The van der Waals surface area contributed by atoms with Gasteiger partial charge in [0.15, 0.2) is 0 Å². The summed E-state index contributed by atoms with van der Waals surface area (Å²) in [6.45, 7) is 2.69. The molecule has 0 aliphatic heterocycles. The number of nitrogens with one attached hydrogen (secondary N) is 1. The Labute approximate surface area is 110 Å². The van der Waals surface area contributed by atoms with Gasteiger partial charge in [-0.05, 0) is 31.2 Å². The van der Waals surface area contributed by atoms with Crippen LogP contribution in [0.15, 0.2) is 24.4 Å². The van der Waals surface area contributed by atoms with E-state index in [9.17, 15) is 4.39 Å². The van der Waals surface area contributed by atoms with Crippen molar-refractivity contribution in [1.82, 2.24) is 9.97 Å². The fourth-order valence-electron chi connectivity index (χ4n) is 1.78. The molecule has 0 amide bonds. The summed E-state index contributed by atoms with van der Waals surface area (Å²) in [6.07, 6.45) is 2.60. The van der Waals surface area contributed by atoms with Gasteiger partial charge in [0, 0.05) is 11.5 Å². The lowest BCUT2D eigenvalue weighted by Gasteiger charge is -2.05. The molecule has 3 nitrogen and oxygen atoms in total. The van der Waals surface area contributed by atoms with Crippen LogP contribution in [-0.2, 0) is 0 Å². The molecule has 1 heterocycles.